The first-order valence-corrected chi connectivity index (χ1v) is 11.5. The van der Waals surface area contributed by atoms with Gasteiger partial charge in [0.2, 0.25) is 0 Å². The van der Waals surface area contributed by atoms with Gasteiger partial charge in [-0.15, -0.1) is 0 Å². The number of nitrogens with zero attached hydrogens (tertiary/aromatic N) is 3. The maximum Gasteiger partial charge on any atom is 0.174 e. The zero-order chi connectivity index (χ0) is 21.2. The van der Waals surface area contributed by atoms with Gasteiger partial charge in [0.05, 0.1) is 24.5 Å². The molecule has 3 heterocycles. The highest BCUT2D eigenvalue weighted by molar-refractivity contribution is 7.80. The summed E-state index contributed by atoms with van der Waals surface area (Å²) in [6.07, 6.45) is 10.5. The molecule has 1 saturated heterocycles. The van der Waals surface area contributed by atoms with Crippen LogP contribution in [0.3, 0.4) is 0 Å². The standard InChI is InChI=1S/C25H28N4OS/c1-30-22-15-6-5-13-20(22)29-24(23(27-25(29)31)19-12-7-8-16-26-19)21-14-9-17-28(21)18-10-3-2-4-11-18/h5-9,12-18,23-24H,2-4,10-11H2,1H3,(H,27,31)/t23-,24-/m0/s1. The highest BCUT2D eigenvalue weighted by Gasteiger charge is 2.43. The lowest BCUT2D eigenvalue weighted by Gasteiger charge is -2.33. The minimum absolute atomic E-state index is 0.0179. The number of anilines is 1. The topological polar surface area (TPSA) is 42.3 Å². The first-order valence-electron chi connectivity index (χ1n) is 11.1. The van der Waals surface area contributed by atoms with E-state index < -0.39 is 0 Å². The quantitative estimate of drug-likeness (QED) is 0.534. The summed E-state index contributed by atoms with van der Waals surface area (Å²) in [4.78, 5) is 6.89. The van der Waals surface area contributed by atoms with Gasteiger partial charge in [-0.3, -0.25) is 4.98 Å². The third kappa shape index (κ3) is 3.69. The van der Waals surface area contributed by atoms with Gasteiger partial charge in [0.1, 0.15) is 11.8 Å². The van der Waals surface area contributed by atoms with E-state index in [1.807, 2.05) is 36.5 Å². The number of pyridine rings is 1. The molecule has 1 N–H and O–H groups in total. The number of para-hydroxylation sites is 2. The first kappa shape index (κ1) is 20.1. The predicted molar refractivity (Wildman–Crippen MR) is 127 cm³/mol. The van der Waals surface area contributed by atoms with Crippen LogP contribution < -0.4 is 15.0 Å². The van der Waals surface area contributed by atoms with E-state index in [-0.39, 0.29) is 12.1 Å². The van der Waals surface area contributed by atoms with Crippen molar-refractivity contribution in [3.63, 3.8) is 0 Å². The molecule has 1 aliphatic heterocycles. The number of methoxy groups -OCH3 is 1. The maximum atomic E-state index is 5.88. The van der Waals surface area contributed by atoms with E-state index in [9.17, 15) is 0 Å². The van der Waals surface area contributed by atoms with E-state index in [1.54, 1.807) is 7.11 Å². The summed E-state index contributed by atoms with van der Waals surface area (Å²) < 4.78 is 8.19. The normalized spacial score (nSPS) is 21.8. The minimum Gasteiger partial charge on any atom is -0.495 e. The molecule has 5 rings (SSSR count). The number of hydrogen-bond donors (Lipinski definition) is 1. The number of rotatable bonds is 5. The van der Waals surface area contributed by atoms with Crippen LogP contribution >= 0.6 is 12.2 Å². The smallest absolute Gasteiger partial charge is 0.174 e. The molecule has 160 valence electrons. The van der Waals surface area contributed by atoms with Gasteiger partial charge in [0.25, 0.3) is 0 Å². The van der Waals surface area contributed by atoms with Crippen molar-refractivity contribution >= 4 is 23.0 Å². The fourth-order valence-corrected chi connectivity index (χ4v) is 5.43. The summed E-state index contributed by atoms with van der Waals surface area (Å²) in [7, 11) is 1.71. The van der Waals surface area contributed by atoms with Crippen LogP contribution in [0.4, 0.5) is 5.69 Å². The third-order valence-electron chi connectivity index (χ3n) is 6.53. The molecular weight excluding hydrogens is 404 g/mol. The molecule has 1 saturated carbocycles. The minimum atomic E-state index is -0.0455. The molecule has 0 radical (unpaired) electrons. The molecule has 1 aromatic carbocycles. The van der Waals surface area contributed by atoms with E-state index in [2.05, 4.69) is 50.2 Å². The van der Waals surface area contributed by atoms with Gasteiger partial charge < -0.3 is 19.5 Å². The summed E-state index contributed by atoms with van der Waals surface area (Å²) in [6.45, 7) is 0. The van der Waals surface area contributed by atoms with Crippen LogP contribution in [-0.4, -0.2) is 21.8 Å². The number of hydrogen-bond acceptors (Lipinski definition) is 3. The average Bonchev–Trinajstić information content (AvgIpc) is 3.44. The van der Waals surface area contributed by atoms with Crippen LogP contribution in [0.2, 0.25) is 0 Å². The van der Waals surface area contributed by atoms with Crippen molar-refractivity contribution in [2.75, 3.05) is 12.0 Å². The lowest BCUT2D eigenvalue weighted by molar-refractivity contribution is 0.339. The molecule has 31 heavy (non-hydrogen) atoms. The van der Waals surface area contributed by atoms with Gasteiger partial charge in [-0.25, -0.2) is 0 Å². The Morgan fingerprint density at radius 3 is 2.58 bits per heavy atom. The SMILES string of the molecule is COc1ccccc1N1C(=S)N[C@@H](c2ccccn2)[C@@H]1c1cccn1C1CCCCC1. The van der Waals surface area contributed by atoms with Crippen molar-refractivity contribution in [2.45, 2.75) is 50.2 Å². The zero-order valence-corrected chi connectivity index (χ0v) is 18.6. The monoisotopic (exact) mass is 432 g/mol. The predicted octanol–water partition coefficient (Wildman–Crippen LogP) is 5.57. The van der Waals surface area contributed by atoms with E-state index in [0.29, 0.717) is 11.2 Å². The van der Waals surface area contributed by atoms with Crippen molar-refractivity contribution in [3.05, 3.63) is 78.4 Å². The van der Waals surface area contributed by atoms with Gasteiger partial charge >= 0.3 is 0 Å². The van der Waals surface area contributed by atoms with Crippen LogP contribution in [0.25, 0.3) is 0 Å². The molecule has 0 spiro atoms. The molecule has 0 bridgehead atoms. The van der Waals surface area contributed by atoms with Crippen molar-refractivity contribution in [1.29, 1.82) is 0 Å². The van der Waals surface area contributed by atoms with Crippen LogP contribution in [0.15, 0.2) is 67.0 Å². The molecule has 5 nitrogen and oxygen atoms in total. The Morgan fingerprint density at radius 1 is 1.00 bits per heavy atom. The lowest BCUT2D eigenvalue weighted by atomic mass is 9.94. The van der Waals surface area contributed by atoms with Crippen LogP contribution in [-0.2, 0) is 0 Å². The number of thiocarbonyl (C=S) groups is 1. The van der Waals surface area contributed by atoms with Crippen molar-refractivity contribution in [1.82, 2.24) is 14.9 Å². The number of aromatic nitrogens is 2. The summed E-state index contributed by atoms with van der Waals surface area (Å²) in [5, 5.41) is 4.26. The Kier molecular flexibility index (Phi) is 5.64. The summed E-state index contributed by atoms with van der Waals surface area (Å²) in [5.74, 6) is 0.814. The van der Waals surface area contributed by atoms with Crippen LogP contribution in [0.1, 0.15) is 61.6 Å². The molecule has 0 amide bonds. The molecule has 2 aromatic heterocycles. The fraction of sp³-hybridized carbons (Fsp3) is 0.360. The van der Waals surface area contributed by atoms with Gasteiger partial charge in [-0.05, 0) is 61.5 Å². The third-order valence-corrected chi connectivity index (χ3v) is 6.84. The summed E-state index contributed by atoms with van der Waals surface area (Å²) in [5.41, 5.74) is 3.23. The van der Waals surface area contributed by atoms with Gasteiger partial charge in [0, 0.05) is 24.1 Å². The van der Waals surface area contributed by atoms with Crippen molar-refractivity contribution in [2.24, 2.45) is 0 Å². The van der Waals surface area contributed by atoms with E-state index in [1.165, 1.54) is 37.8 Å². The zero-order valence-electron chi connectivity index (χ0n) is 17.8. The Morgan fingerprint density at radius 2 is 1.81 bits per heavy atom. The van der Waals surface area contributed by atoms with Gasteiger partial charge in [-0.2, -0.15) is 0 Å². The molecular formula is C25H28N4OS. The highest BCUT2D eigenvalue weighted by Crippen LogP contribution is 2.45. The molecule has 0 unspecified atom stereocenters. The summed E-state index contributed by atoms with van der Waals surface area (Å²) in [6, 6.07) is 19.0. The Balaban J connectivity index is 1.63. The van der Waals surface area contributed by atoms with Crippen LogP contribution in [0.5, 0.6) is 5.75 Å². The second-order valence-electron chi connectivity index (χ2n) is 8.30. The van der Waals surface area contributed by atoms with E-state index >= 15 is 0 Å². The second-order valence-corrected chi connectivity index (χ2v) is 8.69. The Labute approximate surface area is 189 Å². The lowest BCUT2D eigenvalue weighted by Crippen LogP contribution is -2.31. The van der Waals surface area contributed by atoms with E-state index in [4.69, 9.17) is 17.0 Å². The largest absolute Gasteiger partial charge is 0.495 e. The maximum absolute atomic E-state index is 5.88. The van der Waals surface area contributed by atoms with Gasteiger partial charge in [0.15, 0.2) is 5.11 Å². The summed E-state index contributed by atoms with van der Waals surface area (Å²) >= 11 is 5.88. The van der Waals surface area contributed by atoms with Crippen molar-refractivity contribution < 1.29 is 4.74 Å². The van der Waals surface area contributed by atoms with Crippen molar-refractivity contribution in [3.8, 4) is 5.75 Å². The number of ether oxygens (including phenoxy) is 1. The number of benzene rings is 1. The van der Waals surface area contributed by atoms with Crippen LogP contribution in [0, 0.1) is 0 Å². The first-order chi connectivity index (χ1) is 15.3. The molecule has 1 aliphatic carbocycles. The van der Waals surface area contributed by atoms with E-state index in [0.717, 1.165) is 17.1 Å². The molecule has 2 atom stereocenters. The second kappa shape index (κ2) is 8.71. The average molecular weight is 433 g/mol. The molecule has 3 aromatic rings. The highest BCUT2D eigenvalue weighted by atomic mass is 32.1. The molecule has 2 fully saturated rings. The van der Waals surface area contributed by atoms with Gasteiger partial charge in [-0.1, -0.05) is 37.5 Å². The number of nitrogens with one attached hydrogen (secondary N) is 1. The Bertz CT molecular complexity index is 1040. The molecule has 6 heteroatoms. The molecule has 2 aliphatic rings. The Hall–Kier alpha value is -2.86. The fourth-order valence-electron chi connectivity index (χ4n) is 5.09.